The van der Waals surface area contributed by atoms with Gasteiger partial charge in [-0.15, -0.1) is 23.1 Å². The standard InChI is InChI=1S/C15H16BrNOS2/c1-9(2)17-15(18)13-8-12(14(16)20-13)10-4-6-11(19-3)7-5-10/h4-9H,1-3H3,(H,17,18). The molecule has 0 saturated carbocycles. The van der Waals surface area contributed by atoms with E-state index in [1.54, 1.807) is 11.8 Å². The Morgan fingerprint density at radius 3 is 2.50 bits per heavy atom. The number of rotatable bonds is 4. The van der Waals surface area contributed by atoms with Crippen LogP contribution in [-0.4, -0.2) is 18.2 Å². The zero-order chi connectivity index (χ0) is 14.7. The zero-order valence-electron chi connectivity index (χ0n) is 11.6. The number of benzene rings is 1. The Balaban J connectivity index is 2.28. The van der Waals surface area contributed by atoms with Crippen molar-refractivity contribution < 1.29 is 4.79 Å². The predicted octanol–water partition coefficient (Wildman–Crippen LogP) is 5.04. The first-order valence-corrected chi connectivity index (χ1v) is 9.09. The molecule has 2 aromatic rings. The minimum Gasteiger partial charge on any atom is -0.349 e. The summed E-state index contributed by atoms with van der Waals surface area (Å²) in [4.78, 5) is 14.0. The Morgan fingerprint density at radius 1 is 1.30 bits per heavy atom. The van der Waals surface area contributed by atoms with Crippen LogP contribution < -0.4 is 5.32 Å². The highest BCUT2D eigenvalue weighted by molar-refractivity contribution is 9.11. The van der Waals surface area contributed by atoms with Crippen molar-refractivity contribution in [2.75, 3.05) is 6.26 Å². The maximum absolute atomic E-state index is 12.0. The minimum absolute atomic E-state index is 0.0160. The van der Waals surface area contributed by atoms with Gasteiger partial charge in [-0.2, -0.15) is 0 Å². The fourth-order valence-electron chi connectivity index (χ4n) is 1.78. The van der Waals surface area contributed by atoms with Crippen molar-refractivity contribution in [3.8, 4) is 11.1 Å². The molecule has 106 valence electrons. The van der Waals surface area contributed by atoms with E-state index in [9.17, 15) is 4.79 Å². The molecule has 2 rings (SSSR count). The molecular weight excluding hydrogens is 354 g/mol. The molecule has 1 heterocycles. The van der Waals surface area contributed by atoms with Crippen molar-refractivity contribution in [3.05, 3.63) is 39.0 Å². The molecule has 1 aromatic heterocycles. The van der Waals surface area contributed by atoms with Gasteiger partial charge < -0.3 is 5.32 Å². The number of nitrogens with one attached hydrogen (secondary N) is 1. The highest BCUT2D eigenvalue weighted by atomic mass is 79.9. The van der Waals surface area contributed by atoms with Crippen LogP contribution in [0.4, 0.5) is 0 Å². The van der Waals surface area contributed by atoms with Crippen LogP contribution in [0.5, 0.6) is 0 Å². The Labute approximate surface area is 136 Å². The summed E-state index contributed by atoms with van der Waals surface area (Å²) in [5.74, 6) is -0.0160. The van der Waals surface area contributed by atoms with Crippen molar-refractivity contribution in [3.63, 3.8) is 0 Å². The lowest BCUT2D eigenvalue weighted by Gasteiger charge is -2.05. The number of hydrogen-bond donors (Lipinski definition) is 1. The van der Waals surface area contributed by atoms with Gasteiger partial charge in [0.2, 0.25) is 0 Å². The van der Waals surface area contributed by atoms with Crippen molar-refractivity contribution in [1.82, 2.24) is 5.32 Å². The molecule has 0 radical (unpaired) electrons. The topological polar surface area (TPSA) is 29.1 Å². The third kappa shape index (κ3) is 3.65. The third-order valence-electron chi connectivity index (χ3n) is 2.73. The maximum atomic E-state index is 12.0. The van der Waals surface area contributed by atoms with E-state index in [1.807, 2.05) is 19.9 Å². The van der Waals surface area contributed by atoms with Crippen LogP contribution in [0.1, 0.15) is 23.5 Å². The van der Waals surface area contributed by atoms with Gasteiger partial charge in [0.1, 0.15) is 0 Å². The normalized spacial score (nSPS) is 10.8. The van der Waals surface area contributed by atoms with Gasteiger partial charge in [0, 0.05) is 16.5 Å². The van der Waals surface area contributed by atoms with E-state index in [1.165, 1.54) is 16.2 Å². The molecule has 5 heteroatoms. The lowest BCUT2D eigenvalue weighted by Crippen LogP contribution is -2.29. The summed E-state index contributed by atoms with van der Waals surface area (Å²) < 4.78 is 0.989. The van der Waals surface area contributed by atoms with Crippen LogP contribution in [0.3, 0.4) is 0 Å². The molecule has 0 saturated heterocycles. The van der Waals surface area contributed by atoms with Crippen LogP contribution in [0.25, 0.3) is 11.1 Å². The Kier molecular flexibility index (Phi) is 5.29. The van der Waals surface area contributed by atoms with Crippen molar-refractivity contribution in [2.24, 2.45) is 0 Å². The molecule has 0 atom stereocenters. The van der Waals surface area contributed by atoms with E-state index in [2.05, 4.69) is 51.8 Å². The SMILES string of the molecule is CSc1ccc(-c2cc(C(=O)NC(C)C)sc2Br)cc1. The molecule has 0 fully saturated rings. The Hall–Kier alpha value is -0.780. The van der Waals surface area contributed by atoms with E-state index in [4.69, 9.17) is 0 Å². The second kappa shape index (κ2) is 6.78. The summed E-state index contributed by atoms with van der Waals surface area (Å²) in [7, 11) is 0. The van der Waals surface area contributed by atoms with Gasteiger partial charge in [0.25, 0.3) is 5.91 Å². The molecule has 1 aromatic carbocycles. The molecule has 1 amide bonds. The maximum Gasteiger partial charge on any atom is 0.261 e. The number of halogens is 1. The summed E-state index contributed by atoms with van der Waals surface area (Å²) in [6.07, 6.45) is 2.06. The molecule has 0 aliphatic heterocycles. The molecular formula is C15H16BrNOS2. The summed E-state index contributed by atoms with van der Waals surface area (Å²) in [6, 6.07) is 10.5. The fraction of sp³-hybridized carbons (Fsp3) is 0.267. The van der Waals surface area contributed by atoms with Crippen LogP contribution in [0, 0.1) is 0 Å². The third-order valence-corrected chi connectivity index (χ3v) is 5.31. The zero-order valence-corrected chi connectivity index (χ0v) is 14.8. The summed E-state index contributed by atoms with van der Waals surface area (Å²) in [5, 5.41) is 2.92. The molecule has 0 unspecified atom stereocenters. The largest absolute Gasteiger partial charge is 0.349 e. The highest BCUT2D eigenvalue weighted by Crippen LogP contribution is 2.36. The molecule has 0 bridgehead atoms. The molecule has 1 N–H and O–H groups in total. The quantitative estimate of drug-likeness (QED) is 0.764. The van der Waals surface area contributed by atoms with E-state index >= 15 is 0 Å². The van der Waals surface area contributed by atoms with E-state index in [-0.39, 0.29) is 11.9 Å². The fourth-order valence-corrected chi connectivity index (χ4v) is 3.86. The summed E-state index contributed by atoms with van der Waals surface area (Å²) in [6.45, 7) is 3.92. The van der Waals surface area contributed by atoms with Crippen molar-refractivity contribution >= 4 is 44.9 Å². The lowest BCUT2D eigenvalue weighted by molar-refractivity contribution is 0.0947. The van der Waals surface area contributed by atoms with Gasteiger partial charge in [-0.25, -0.2) is 0 Å². The number of hydrogen-bond acceptors (Lipinski definition) is 3. The monoisotopic (exact) mass is 369 g/mol. The van der Waals surface area contributed by atoms with Gasteiger partial charge >= 0.3 is 0 Å². The van der Waals surface area contributed by atoms with Crippen LogP contribution in [0.2, 0.25) is 0 Å². The van der Waals surface area contributed by atoms with Crippen molar-refractivity contribution in [1.29, 1.82) is 0 Å². The van der Waals surface area contributed by atoms with Crippen molar-refractivity contribution in [2.45, 2.75) is 24.8 Å². The Bertz CT molecular complexity index is 605. The molecule has 20 heavy (non-hydrogen) atoms. The first-order chi connectivity index (χ1) is 9.51. The molecule has 0 aliphatic rings. The average molecular weight is 370 g/mol. The van der Waals surface area contributed by atoms with Gasteiger partial charge in [-0.3, -0.25) is 4.79 Å². The van der Waals surface area contributed by atoms with Gasteiger partial charge in [-0.1, -0.05) is 12.1 Å². The van der Waals surface area contributed by atoms with E-state index in [0.717, 1.165) is 19.8 Å². The van der Waals surface area contributed by atoms with Gasteiger partial charge in [0.15, 0.2) is 0 Å². The van der Waals surface area contributed by atoms with Gasteiger partial charge in [-0.05, 0) is 59.8 Å². The second-order valence-electron chi connectivity index (χ2n) is 4.65. The lowest BCUT2D eigenvalue weighted by atomic mass is 10.1. The summed E-state index contributed by atoms with van der Waals surface area (Å²) in [5.41, 5.74) is 2.19. The molecule has 2 nitrogen and oxygen atoms in total. The van der Waals surface area contributed by atoms with Crippen LogP contribution in [-0.2, 0) is 0 Å². The first-order valence-electron chi connectivity index (χ1n) is 6.26. The van der Waals surface area contributed by atoms with E-state index < -0.39 is 0 Å². The average Bonchev–Trinajstić information content (AvgIpc) is 2.80. The summed E-state index contributed by atoms with van der Waals surface area (Å²) >= 11 is 6.75. The number of thiophene rings is 1. The Morgan fingerprint density at radius 2 is 1.95 bits per heavy atom. The number of carbonyl (C=O) groups is 1. The first kappa shape index (κ1) is 15.6. The smallest absolute Gasteiger partial charge is 0.261 e. The number of carbonyl (C=O) groups excluding carboxylic acids is 1. The number of thioether (sulfide) groups is 1. The highest BCUT2D eigenvalue weighted by Gasteiger charge is 2.15. The molecule has 0 spiro atoms. The molecule has 0 aliphatic carbocycles. The number of amides is 1. The van der Waals surface area contributed by atoms with E-state index in [0.29, 0.717) is 0 Å². The van der Waals surface area contributed by atoms with Crippen LogP contribution in [0.15, 0.2) is 39.0 Å². The predicted molar refractivity (Wildman–Crippen MR) is 91.8 cm³/mol. The second-order valence-corrected chi connectivity index (χ2v) is 7.90. The van der Waals surface area contributed by atoms with Gasteiger partial charge in [0.05, 0.1) is 8.66 Å². The van der Waals surface area contributed by atoms with Crippen LogP contribution >= 0.6 is 39.0 Å². The minimum atomic E-state index is -0.0160.